The van der Waals surface area contributed by atoms with E-state index in [2.05, 4.69) is 4.74 Å². The zero-order valence-corrected chi connectivity index (χ0v) is 17.8. The second kappa shape index (κ2) is 8.67. The van der Waals surface area contributed by atoms with Crippen LogP contribution in [-0.2, 0) is 13.1 Å². The van der Waals surface area contributed by atoms with Crippen molar-refractivity contribution in [2.24, 2.45) is 0 Å². The lowest BCUT2D eigenvalue weighted by molar-refractivity contribution is -0.687. The van der Waals surface area contributed by atoms with Crippen LogP contribution in [-0.4, -0.2) is 16.7 Å². The largest absolute Gasteiger partial charge is 0.573 e. The third-order valence-electron chi connectivity index (χ3n) is 5.14. The number of carbonyl (C=O) groups is 1. The maximum absolute atomic E-state index is 12.8. The minimum absolute atomic E-state index is 0.0623. The van der Waals surface area contributed by atoms with E-state index in [1.165, 1.54) is 12.1 Å². The molecule has 8 heteroatoms. The summed E-state index contributed by atoms with van der Waals surface area (Å²) in [6.07, 6.45) is -0.988. The fourth-order valence-corrected chi connectivity index (χ4v) is 3.88. The molecule has 0 amide bonds. The topological polar surface area (TPSA) is 35.1 Å². The van der Waals surface area contributed by atoms with Crippen LogP contribution in [0, 0.1) is 6.92 Å². The number of fused-ring (bicyclic) bond motifs is 1. The zero-order valence-electron chi connectivity index (χ0n) is 17.1. The van der Waals surface area contributed by atoms with E-state index in [9.17, 15) is 18.0 Å². The van der Waals surface area contributed by atoms with E-state index in [1.54, 1.807) is 11.5 Å². The minimum atomic E-state index is -4.82. The van der Waals surface area contributed by atoms with Crippen molar-refractivity contribution in [3.8, 4) is 5.75 Å². The van der Waals surface area contributed by atoms with Gasteiger partial charge in [-0.15, -0.1) is 13.2 Å². The number of benzene rings is 2. The van der Waals surface area contributed by atoms with Crippen molar-refractivity contribution in [3.05, 3.63) is 94.9 Å². The number of hydrogen-bond donors (Lipinski definition) is 0. The van der Waals surface area contributed by atoms with Gasteiger partial charge in [0.25, 0.3) is 0 Å². The van der Waals surface area contributed by atoms with E-state index >= 15 is 0 Å². The van der Waals surface area contributed by atoms with Gasteiger partial charge >= 0.3 is 6.36 Å². The molecule has 0 aliphatic rings. The maximum Gasteiger partial charge on any atom is 0.573 e. The molecular weight excluding hydrogens is 441 g/mol. The first-order chi connectivity index (χ1) is 15.2. The van der Waals surface area contributed by atoms with E-state index in [-0.39, 0.29) is 17.9 Å². The van der Waals surface area contributed by atoms with Gasteiger partial charge in [-0.05, 0) is 19.1 Å². The number of halogens is 4. The summed E-state index contributed by atoms with van der Waals surface area (Å²) in [6, 6.07) is 16.9. The van der Waals surface area contributed by atoms with Crippen molar-refractivity contribution >= 4 is 28.3 Å². The lowest BCUT2D eigenvalue weighted by Gasteiger charge is -2.11. The fraction of sp³-hybridized carbons (Fsp3) is 0.167. The summed E-state index contributed by atoms with van der Waals surface area (Å²) < 4.78 is 45.2. The Labute approximate surface area is 187 Å². The monoisotopic (exact) mass is 459 g/mol. The molecule has 0 unspecified atom stereocenters. The summed E-state index contributed by atoms with van der Waals surface area (Å²) in [5.74, 6) is -0.785. The highest BCUT2D eigenvalue weighted by atomic mass is 35.5. The number of aromatic nitrogens is 2. The lowest BCUT2D eigenvalue weighted by atomic mass is 10.1. The number of carbonyl (C=O) groups excluding carboxylic acids is 1. The predicted molar refractivity (Wildman–Crippen MR) is 115 cm³/mol. The first kappa shape index (κ1) is 21.9. The molecule has 0 aliphatic heterocycles. The third kappa shape index (κ3) is 4.78. The summed E-state index contributed by atoms with van der Waals surface area (Å²) in [4.78, 5) is 12.8. The Bertz CT molecular complexity index is 1280. The van der Waals surface area contributed by atoms with Gasteiger partial charge in [0, 0.05) is 22.9 Å². The minimum Gasteiger partial charge on any atom is -0.406 e. The second-order valence-electron chi connectivity index (χ2n) is 7.39. The quantitative estimate of drug-likeness (QED) is 0.273. The van der Waals surface area contributed by atoms with Crippen molar-refractivity contribution < 1.29 is 27.3 Å². The molecule has 0 bridgehead atoms. The van der Waals surface area contributed by atoms with Gasteiger partial charge in [0.2, 0.25) is 0 Å². The average molecular weight is 460 g/mol. The van der Waals surface area contributed by atoms with Crippen LogP contribution < -0.4 is 9.30 Å². The second-order valence-corrected chi connectivity index (χ2v) is 7.76. The Morgan fingerprint density at radius 3 is 2.56 bits per heavy atom. The standard InChI is InChI=1S/C24H19ClF3N2O2/c1-16-23(25)20-14-29(13-17-6-3-2-4-7-17)11-10-21(20)30(16)15-22(31)18-8-5-9-19(12-18)32-24(26,27)28/h2-12,14H,13,15H2,1H3/q+1. The predicted octanol–water partition coefficient (Wildman–Crippen LogP) is 5.72. The SMILES string of the molecule is Cc1c(Cl)c2c[n+](Cc3ccccc3)ccc2n1CC(=O)c1cccc(OC(F)(F)F)c1. The van der Waals surface area contributed by atoms with E-state index in [1.807, 2.05) is 53.4 Å². The van der Waals surface area contributed by atoms with Gasteiger partial charge in [0.1, 0.15) is 5.75 Å². The fourth-order valence-electron chi connectivity index (χ4n) is 3.63. The third-order valence-corrected chi connectivity index (χ3v) is 5.62. The molecule has 0 radical (unpaired) electrons. The van der Waals surface area contributed by atoms with Crippen LogP contribution in [0.4, 0.5) is 13.2 Å². The number of rotatable bonds is 6. The summed E-state index contributed by atoms with van der Waals surface area (Å²) in [5.41, 5.74) is 2.74. The molecule has 0 saturated heterocycles. The number of pyridine rings is 1. The van der Waals surface area contributed by atoms with E-state index in [4.69, 9.17) is 11.6 Å². The first-order valence-corrected chi connectivity index (χ1v) is 10.2. The Morgan fingerprint density at radius 2 is 1.84 bits per heavy atom. The van der Waals surface area contributed by atoms with Gasteiger partial charge in [-0.3, -0.25) is 4.79 Å². The highest BCUT2D eigenvalue weighted by Gasteiger charge is 2.31. The molecular formula is C24H19ClF3N2O2+. The molecule has 32 heavy (non-hydrogen) atoms. The van der Waals surface area contributed by atoms with Crippen LogP contribution in [0.3, 0.4) is 0 Å². The molecule has 4 nitrogen and oxygen atoms in total. The van der Waals surface area contributed by atoms with Gasteiger partial charge in [-0.1, -0.05) is 54.1 Å². The number of ether oxygens (including phenoxy) is 1. The molecule has 0 fully saturated rings. The smallest absolute Gasteiger partial charge is 0.406 e. The molecule has 4 rings (SSSR count). The van der Waals surface area contributed by atoms with Gasteiger partial charge in [-0.25, -0.2) is 0 Å². The van der Waals surface area contributed by atoms with Crippen LogP contribution in [0.2, 0.25) is 5.02 Å². The first-order valence-electron chi connectivity index (χ1n) is 9.81. The van der Waals surface area contributed by atoms with Crippen LogP contribution >= 0.6 is 11.6 Å². The van der Waals surface area contributed by atoms with Crippen LogP contribution in [0.15, 0.2) is 73.1 Å². The Morgan fingerprint density at radius 1 is 1.09 bits per heavy atom. The van der Waals surface area contributed by atoms with Crippen LogP contribution in [0.5, 0.6) is 5.75 Å². The van der Waals surface area contributed by atoms with E-state index in [0.29, 0.717) is 17.3 Å². The zero-order chi connectivity index (χ0) is 22.9. The normalized spacial score (nSPS) is 11.7. The molecule has 2 aromatic heterocycles. The molecule has 4 aromatic rings. The summed E-state index contributed by atoms with van der Waals surface area (Å²) in [6.45, 7) is 2.41. The van der Waals surface area contributed by atoms with Gasteiger partial charge < -0.3 is 9.30 Å². The molecule has 0 saturated carbocycles. The Balaban J connectivity index is 1.61. The lowest BCUT2D eigenvalue weighted by Crippen LogP contribution is -2.33. The average Bonchev–Trinajstić information content (AvgIpc) is 2.98. The van der Waals surface area contributed by atoms with Crippen molar-refractivity contribution in [2.75, 3.05) is 0 Å². The van der Waals surface area contributed by atoms with Crippen LogP contribution in [0.1, 0.15) is 21.6 Å². The number of ketones is 1. The highest BCUT2D eigenvalue weighted by Crippen LogP contribution is 2.30. The molecule has 0 atom stereocenters. The molecule has 0 spiro atoms. The van der Waals surface area contributed by atoms with E-state index < -0.39 is 12.1 Å². The molecule has 2 aromatic carbocycles. The summed E-state index contributed by atoms with van der Waals surface area (Å²) in [7, 11) is 0. The number of Topliss-reactive ketones (excluding diaryl/α,β-unsaturated/α-hetero) is 1. The van der Waals surface area contributed by atoms with Crippen LogP contribution in [0.25, 0.3) is 10.9 Å². The van der Waals surface area contributed by atoms with Gasteiger partial charge in [0.15, 0.2) is 24.7 Å². The van der Waals surface area contributed by atoms with Gasteiger partial charge in [-0.2, -0.15) is 4.57 Å². The number of nitrogens with zero attached hydrogens (tertiary/aromatic N) is 2. The summed E-state index contributed by atoms with van der Waals surface area (Å²) >= 11 is 6.56. The number of alkyl halides is 3. The Hall–Kier alpha value is -3.32. The van der Waals surface area contributed by atoms with Crippen molar-refractivity contribution in [1.82, 2.24) is 4.57 Å². The maximum atomic E-state index is 12.8. The number of hydrogen-bond acceptors (Lipinski definition) is 2. The molecule has 0 aliphatic carbocycles. The van der Waals surface area contributed by atoms with Crippen molar-refractivity contribution in [1.29, 1.82) is 0 Å². The summed E-state index contributed by atoms with van der Waals surface area (Å²) in [5, 5.41) is 1.33. The molecule has 2 heterocycles. The molecule has 164 valence electrons. The Kier molecular flexibility index (Phi) is 5.93. The molecule has 0 N–H and O–H groups in total. The highest BCUT2D eigenvalue weighted by molar-refractivity contribution is 6.36. The van der Waals surface area contributed by atoms with Crippen molar-refractivity contribution in [2.45, 2.75) is 26.4 Å². The van der Waals surface area contributed by atoms with Gasteiger partial charge in [0.05, 0.1) is 22.5 Å². The van der Waals surface area contributed by atoms with E-state index in [0.717, 1.165) is 28.6 Å². The van der Waals surface area contributed by atoms with Crippen molar-refractivity contribution in [3.63, 3.8) is 0 Å².